The fourth-order valence-electron chi connectivity index (χ4n) is 2.46. The topological polar surface area (TPSA) is 57.2 Å². The average Bonchev–Trinajstić information content (AvgIpc) is 3.10. The maximum atomic E-state index is 5.93. The maximum absolute atomic E-state index is 5.93. The Hall–Kier alpha value is -1.14. The lowest BCUT2D eigenvalue weighted by Gasteiger charge is -2.16. The predicted octanol–water partition coefficient (Wildman–Crippen LogP) is 1.24. The van der Waals surface area contributed by atoms with Gasteiger partial charge in [0.2, 0.25) is 17.2 Å². The van der Waals surface area contributed by atoms with Gasteiger partial charge in [-0.05, 0) is 30.9 Å². The molecule has 104 valence electrons. The molecule has 1 aromatic heterocycles. The number of anilines is 2. The molecule has 7 heteroatoms. The number of likely N-dealkylation sites (tertiary alicyclic amines) is 1. The van der Waals surface area contributed by atoms with E-state index < -0.39 is 0 Å². The van der Waals surface area contributed by atoms with Crippen molar-refractivity contribution in [1.29, 1.82) is 0 Å². The first kappa shape index (κ1) is 12.9. The van der Waals surface area contributed by atoms with Crippen molar-refractivity contribution in [2.75, 3.05) is 37.4 Å². The highest BCUT2D eigenvalue weighted by Crippen LogP contribution is 2.30. The van der Waals surface area contributed by atoms with Crippen LogP contribution in [0.1, 0.15) is 19.3 Å². The molecule has 2 heterocycles. The van der Waals surface area contributed by atoms with Crippen LogP contribution < -0.4 is 10.2 Å². The summed E-state index contributed by atoms with van der Waals surface area (Å²) in [5.41, 5.74) is 0. The number of halogens is 1. The summed E-state index contributed by atoms with van der Waals surface area (Å²) in [4.78, 5) is 17.0. The quantitative estimate of drug-likeness (QED) is 0.897. The molecule has 2 aliphatic rings. The Morgan fingerprint density at radius 2 is 2.00 bits per heavy atom. The fourth-order valence-corrected chi connectivity index (χ4v) is 2.62. The van der Waals surface area contributed by atoms with Gasteiger partial charge in [-0.2, -0.15) is 15.0 Å². The van der Waals surface area contributed by atoms with Crippen molar-refractivity contribution in [1.82, 2.24) is 19.9 Å². The van der Waals surface area contributed by atoms with Crippen LogP contribution in [0, 0.1) is 0 Å². The van der Waals surface area contributed by atoms with E-state index in [1.54, 1.807) is 0 Å². The van der Waals surface area contributed by atoms with E-state index >= 15 is 0 Å². The molecule has 6 nitrogen and oxygen atoms in total. The maximum Gasteiger partial charge on any atom is 0.230 e. The Labute approximate surface area is 118 Å². The number of hydrogen-bond donors (Lipinski definition) is 1. The number of nitrogens with zero attached hydrogens (tertiary/aromatic N) is 5. The Bertz CT molecular complexity index is 462. The Morgan fingerprint density at radius 1 is 1.21 bits per heavy atom. The second-order valence-corrected chi connectivity index (χ2v) is 5.82. The van der Waals surface area contributed by atoms with E-state index in [1.165, 1.54) is 19.4 Å². The SMILES string of the molecule is CN(C)c1nc(Cl)nc(NC2CCN(C3CC3)C2)n1. The van der Waals surface area contributed by atoms with Crippen LogP contribution in [0.25, 0.3) is 0 Å². The molecule has 0 amide bonds. The molecule has 0 radical (unpaired) electrons. The number of rotatable bonds is 4. The first-order valence-electron chi connectivity index (χ1n) is 6.71. The zero-order valence-electron chi connectivity index (χ0n) is 11.3. The summed E-state index contributed by atoms with van der Waals surface area (Å²) in [5, 5.41) is 3.61. The summed E-state index contributed by atoms with van der Waals surface area (Å²) < 4.78 is 0. The molecule has 19 heavy (non-hydrogen) atoms. The van der Waals surface area contributed by atoms with Crippen LogP contribution in [-0.2, 0) is 0 Å². The third-order valence-electron chi connectivity index (χ3n) is 3.61. The van der Waals surface area contributed by atoms with Gasteiger partial charge in [-0.1, -0.05) is 0 Å². The average molecular weight is 283 g/mol. The molecule has 0 bridgehead atoms. The van der Waals surface area contributed by atoms with Crippen molar-refractivity contribution in [3.05, 3.63) is 5.28 Å². The molecule has 0 aromatic carbocycles. The first-order valence-corrected chi connectivity index (χ1v) is 7.09. The normalized spacial score (nSPS) is 23.6. The van der Waals surface area contributed by atoms with Crippen molar-refractivity contribution in [3.63, 3.8) is 0 Å². The summed E-state index contributed by atoms with van der Waals surface area (Å²) in [5.74, 6) is 1.16. The molecule has 2 fully saturated rings. The van der Waals surface area contributed by atoms with Crippen LogP contribution >= 0.6 is 11.6 Å². The van der Waals surface area contributed by atoms with E-state index in [9.17, 15) is 0 Å². The minimum atomic E-state index is 0.234. The third-order valence-corrected chi connectivity index (χ3v) is 3.78. The van der Waals surface area contributed by atoms with Crippen molar-refractivity contribution in [2.45, 2.75) is 31.3 Å². The molecule has 1 saturated carbocycles. The number of hydrogen-bond acceptors (Lipinski definition) is 6. The molecule has 1 unspecified atom stereocenters. The van der Waals surface area contributed by atoms with Gasteiger partial charge in [-0.15, -0.1) is 0 Å². The van der Waals surface area contributed by atoms with Gasteiger partial charge in [0.05, 0.1) is 0 Å². The van der Waals surface area contributed by atoms with Gasteiger partial charge in [-0.3, -0.25) is 4.90 Å². The van der Waals surface area contributed by atoms with Crippen LogP contribution in [0.2, 0.25) is 5.28 Å². The molecule has 1 aliphatic heterocycles. The van der Waals surface area contributed by atoms with Gasteiger partial charge in [0, 0.05) is 39.3 Å². The zero-order chi connectivity index (χ0) is 13.4. The standard InChI is InChI=1S/C12H19ClN6/c1-18(2)12-16-10(13)15-11(17-12)14-8-5-6-19(7-8)9-3-4-9/h8-9H,3-7H2,1-2H3,(H,14,15,16,17). The van der Waals surface area contributed by atoms with E-state index in [0.29, 0.717) is 17.9 Å². The summed E-state index contributed by atoms with van der Waals surface area (Å²) >= 11 is 5.93. The van der Waals surface area contributed by atoms with E-state index in [0.717, 1.165) is 19.0 Å². The van der Waals surface area contributed by atoms with E-state index in [2.05, 4.69) is 25.2 Å². The minimum Gasteiger partial charge on any atom is -0.350 e. The first-order chi connectivity index (χ1) is 9.11. The summed E-state index contributed by atoms with van der Waals surface area (Å²) in [7, 11) is 3.78. The molecule has 1 atom stereocenters. The van der Waals surface area contributed by atoms with Crippen molar-refractivity contribution >= 4 is 23.5 Å². The smallest absolute Gasteiger partial charge is 0.230 e. The van der Waals surface area contributed by atoms with Crippen LogP contribution in [0.4, 0.5) is 11.9 Å². The highest BCUT2D eigenvalue weighted by molar-refractivity contribution is 6.28. The van der Waals surface area contributed by atoms with Gasteiger partial charge in [-0.25, -0.2) is 0 Å². The molecule has 1 aliphatic carbocycles. The second-order valence-electron chi connectivity index (χ2n) is 5.48. The number of nitrogens with one attached hydrogen (secondary N) is 1. The summed E-state index contributed by atoms with van der Waals surface area (Å²) in [6.07, 6.45) is 3.85. The predicted molar refractivity (Wildman–Crippen MR) is 75.8 cm³/mol. The Balaban J connectivity index is 1.66. The van der Waals surface area contributed by atoms with Crippen LogP contribution in [0.3, 0.4) is 0 Å². The van der Waals surface area contributed by atoms with Crippen molar-refractivity contribution in [3.8, 4) is 0 Å². The lowest BCUT2D eigenvalue weighted by atomic mass is 10.3. The highest BCUT2D eigenvalue weighted by atomic mass is 35.5. The molecule has 1 aromatic rings. The van der Waals surface area contributed by atoms with Gasteiger partial charge < -0.3 is 10.2 Å². The van der Waals surface area contributed by atoms with Crippen LogP contribution in [0.5, 0.6) is 0 Å². The molecule has 0 spiro atoms. The Morgan fingerprint density at radius 3 is 2.68 bits per heavy atom. The number of aromatic nitrogens is 3. The van der Waals surface area contributed by atoms with Gasteiger partial charge in [0.25, 0.3) is 0 Å². The van der Waals surface area contributed by atoms with E-state index in [4.69, 9.17) is 11.6 Å². The van der Waals surface area contributed by atoms with Crippen molar-refractivity contribution in [2.24, 2.45) is 0 Å². The Kier molecular flexibility index (Phi) is 3.45. The second kappa shape index (κ2) is 5.09. The summed E-state index contributed by atoms with van der Waals surface area (Å²) in [6, 6.07) is 1.24. The molecule has 1 N–H and O–H groups in total. The van der Waals surface area contributed by atoms with E-state index in [-0.39, 0.29) is 5.28 Å². The lowest BCUT2D eigenvalue weighted by Crippen LogP contribution is -2.28. The highest BCUT2D eigenvalue weighted by Gasteiger charge is 2.34. The van der Waals surface area contributed by atoms with Crippen LogP contribution in [-0.4, -0.2) is 59.1 Å². The van der Waals surface area contributed by atoms with Gasteiger partial charge >= 0.3 is 0 Å². The van der Waals surface area contributed by atoms with E-state index in [1.807, 2.05) is 19.0 Å². The van der Waals surface area contributed by atoms with Gasteiger partial charge in [0.15, 0.2) is 0 Å². The zero-order valence-corrected chi connectivity index (χ0v) is 12.1. The van der Waals surface area contributed by atoms with Crippen molar-refractivity contribution < 1.29 is 0 Å². The third kappa shape index (κ3) is 3.06. The lowest BCUT2D eigenvalue weighted by molar-refractivity contribution is 0.326. The van der Waals surface area contributed by atoms with Gasteiger partial charge in [0.1, 0.15) is 0 Å². The molecular weight excluding hydrogens is 264 g/mol. The fraction of sp³-hybridized carbons (Fsp3) is 0.750. The minimum absolute atomic E-state index is 0.234. The molecule has 3 rings (SSSR count). The molecule has 1 saturated heterocycles. The van der Waals surface area contributed by atoms with Crippen LogP contribution in [0.15, 0.2) is 0 Å². The summed E-state index contributed by atoms with van der Waals surface area (Å²) in [6.45, 7) is 2.24. The molecular formula is C12H19ClN6. The monoisotopic (exact) mass is 282 g/mol. The largest absolute Gasteiger partial charge is 0.350 e.